The van der Waals surface area contributed by atoms with E-state index >= 15 is 0 Å². The lowest BCUT2D eigenvalue weighted by molar-refractivity contribution is 0.0139. The molecule has 94 valence electrons. The maximum atomic E-state index is 10.9. The Kier molecular flexibility index (Phi) is 5.59. The van der Waals surface area contributed by atoms with E-state index in [1.165, 1.54) is 6.20 Å². The monoisotopic (exact) mass is 239 g/mol. The predicted molar refractivity (Wildman–Crippen MR) is 61.9 cm³/mol. The molecule has 1 heterocycles. The summed E-state index contributed by atoms with van der Waals surface area (Å²) in [6.07, 6.45) is 1.63. The fourth-order valence-corrected chi connectivity index (χ4v) is 1.27. The maximum absolute atomic E-state index is 10.9. The third-order valence-electron chi connectivity index (χ3n) is 2.03. The van der Waals surface area contributed by atoms with Crippen molar-refractivity contribution in [3.05, 3.63) is 29.6 Å². The van der Waals surface area contributed by atoms with Crippen molar-refractivity contribution in [3.8, 4) is 0 Å². The Morgan fingerprint density at radius 1 is 1.47 bits per heavy atom. The zero-order chi connectivity index (χ0) is 12.7. The number of pyridine rings is 1. The lowest BCUT2D eigenvalue weighted by atomic mass is 10.2. The lowest BCUT2D eigenvalue weighted by Crippen LogP contribution is -2.11. The average Bonchev–Trinajstić information content (AvgIpc) is 2.28. The Bertz CT molecular complexity index is 365. The molecule has 0 aliphatic heterocycles. The van der Waals surface area contributed by atoms with Crippen LogP contribution in [0.2, 0.25) is 0 Å². The van der Waals surface area contributed by atoms with Gasteiger partial charge < -0.3 is 14.6 Å². The summed E-state index contributed by atoms with van der Waals surface area (Å²) in [5, 5.41) is 8.90. The standard InChI is InChI=1S/C12H17NO4/c1-9(2)17-7-6-16-8-10-4-3-5-13-11(10)12(14)15/h3-5,9H,6-8H2,1-2H3,(H,14,15). The summed E-state index contributed by atoms with van der Waals surface area (Å²) in [6.45, 7) is 5.07. The summed E-state index contributed by atoms with van der Waals surface area (Å²) in [5.41, 5.74) is 0.613. The number of rotatable bonds is 7. The molecule has 1 aromatic heterocycles. The number of aromatic nitrogens is 1. The molecule has 1 rings (SSSR count). The van der Waals surface area contributed by atoms with E-state index in [9.17, 15) is 4.79 Å². The van der Waals surface area contributed by atoms with Crippen molar-refractivity contribution in [2.45, 2.75) is 26.6 Å². The first-order valence-corrected chi connectivity index (χ1v) is 5.47. The van der Waals surface area contributed by atoms with Gasteiger partial charge in [0.1, 0.15) is 0 Å². The van der Waals surface area contributed by atoms with E-state index in [0.29, 0.717) is 18.8 Å². The SMILES string of the molecule is CC(C)OCCOCc1cccnc1C(=O)O. The van der Waals surface area contributed by atoms with Crippen LogP contribution in [0, 0.1) is 0 Å². The molecular formula is C12H17NO4. The van der Waals surface area contributed by atoms with E-state index in [-0.39, 0.29) is 18.4 Å². The minimum absolute atomic E-state index is 0.0391. The highest BCUT2D eigenvalue weighted by Gasteiger charge is 2.10. The minimum atomic E-state index is -1.04. The van der Waals surface area contributed by atoms with E-state index in [1.54, 1.807) is 12.1 Å². The number of hydrogen-bond acceptors (Lipinski definition) is 4. The van der Waals surface area contributed by atoms with Gasteiger partial charge in [-0.1, -0.05) is 6.07 Å². The largest absolute Gasteiger partial charge is 0.477 e. The van der Waals surface area contributed by atoms with Gasteiger partial charge in [0, 0.05) is 11.8 Å². The smallest absolute Gasteiger partial charge is 0.354 e. The number of carbonyl (C=O) groups is 1. The third-order valence-corrected chi connectivity index (χ3v) is 2.03. The van der Waals surface area contributed by atoms with Gasteiger partial charge in [0.15, 0.2) is 5.69 Å². The summed E-state index contributed by atoms with van der Waals surface area (Å²) in [4.78, 5) is 14.7. The molecule has 0 radical (unpaired) electrons. The highest BCUT2D eigenvalue weighted by Crippen LogP contribution is 2.06. The Morgan fingerprint density at radius 2 is 2.24 bits per heavy atom. The molecule has 5 heteroatoms. The number of aromatic carboxylic acids is 1. The van der Waals surface area contributed by atoms with Gasteiger partial charge in [-0.15, -0.1) is 0 Å². The van der Waals surface area contributed by atoms with Gasteiger partial charge >= 0.3 is 5.97 Å². The summed E-state index contributed by atoms with van der Waals surface area (Å²) < 4.78 is 10.6. The Hall–Kier alpha value is -1.46. The Labute approximate surface area is 100 Å². The highest BCUT2D eigenvalue weighted by molar-refractivity contribution is 5.86. The van der Waals surface area contributed by atoms with Gasteiger partial charge in [0.2, 0.25) is 0 Å². The van der Waals surface area contributed by atoms with Crippen LogP contribution in [0.4, 0.5) is 0 Å². The van der Waals surface area contributed by atoms with Crippen molar-refractivity contribution in [3.63, 3.8) is 0 Å². The van der Waals surface area contributed by atoms with E-state index < -0.39 is 5.97 Å². The molecule has 0 bridgehead atoms. The second kappa shape index (κ2) is 6.98. The van der Waals surface area contributed by atoms with Gasteiger partial charge in [0.05, 0.1) is 25.9 Å². The van der Waals surface area contributed by atoms with Gasteiger partial charge in [-0.3, -0.25) is 0 Å². The van der Waals surface area contributed by atoms with Gasteiger partial charge in [-0.2, -0.15) is 0 Å². The van der Waals surface area contributed by atoms with Crippen LogP contribution in [0.3, 0.4) is 0 Å². The van der Waals surface area contributed by atoms with Crippen LogP contribution in [0.25, 0.3) is 0 Å². The molecular weight excluding hydrogens is 222 g/mol. The molecule has 0 saturated heterocycles. The maximum Gasteiger partial charge on any atom is 0.354 e. The lowest BCUT2D eigenvalue weighted by Gasteiger charge is -2.09. The van der Waals surface area contributed by atoms with Crippen molar-refractivity contribution in [1.82, 2.24) is 4.98 Å². The first kappa shape index (κ1) is 13.6. The van der Waals surface area contributed by atoms with Gasteiger partial charge in [0.25, 0.3) is 0 Å². The normalized spacial score (nSPS) is 10.8. The molecule has 0 aliphatic rings. The zero-order valence-corrected chi connectivity index (χ0v) is 10.0. The van der Waals surface area contributed by atoms with Crippen LogP contribution in [0.15, 0.2) is 18.3 Å². The number of ether oxygens (including phenoxy) is 2. The zero-order valence-electron chi connectivity index (χ0n) is 10.0. The fourth-order valence-electron chi connectivity index (χ4n) is 1.27. The summed E-state index contributed by atoms with van der Waals surface area (Å²) >= 11 is 0. The van der Waals surface area contributed by atoms with E-state index in [1.807, 2.05) is 13.8 Å². The first-order chi connectivity index (χ1) is 8.11. The number of nitrogens with zero attached hydrogens (tertiary/aromatic N) is 1. The quantitative estimate of drug-likeness (QED) is 0.734. The Balaban J connectivity index is 2.39. The molecule has 1 N–H and O–H groups in total. The second-order valence-corrected chi connectivity index (χ2v) is 3.79. The van der Waals surface area contributed by atoms with E-state index in [0.717, 1.165) is 0 Å². The van der Waals surface area contributed by atoms with Crippen LogP contribution in [-0.4, -0.2) is 35.4 Å². The van der Waals surface area contributed by atoms with Crippen LogP contribution < -0.4 is 0 Å². The number of carboxylic acid groups (broad SMARTS) is 1. The average molecular weight is 239 g/mol. The van der Waals surface area contributed by atoms with Crippen LogP contribution in [0.1, 0.15) is 29.9 Å². The molecule has 0 spiro atoms. The summed E-state index contributed by atoms with van der Waals surface area (Å²) in [5.74, 6) is -1.04. The van der Waals surface area contributed by atoms with Gasteiger partial charge in [-0.05, 0) is 19.9 Å². The molecule has 17 heavy (non-hydrogen) atoms. The topological polar surface area (TPSA) is 68.7 Å². The summed E-state index contributed by atoms with van der Waals surface area (Å²) in [7, 11) is 0. The molecule has 5 nitrogen and oxygen atoms in total. The molecule has 0 aromatic carbocycles. The van der Waals surface area contributed by atoms with Crippen molar-refractivity contribution >= 4 is 5.97 Å². The molecule has 1 aromatic rings. The molecule has 0 fully saturated rings. The highest BCUT2D eigenvalue weighted by atomic mass is 16.5. The van der Waals surface area contributed by atoms with E-state index in [4.69, 9.17) is 14.6 Å². The first-order valence-electron chi connectivity index (χ1n) is 5.47. The number of hydrogen-bond donors (Lipinski definition) is 1. The number of carboxylic acids is 1. The fraction of sp³-hybridized carbons (Fsp3) is 0.500. The third kappa shape index (κ3) is 4.93. The van der Waals surface area contributed by atoms with E-state index in [2.05, 4.69) is 4.98 Å². The Morgan fingerprint density at radius 3 is 2.88 bits per heavy atom. The van der Waals surface area contributed by atoms with Crippen LogP contribution >= 0.6 is 0 Å². The minimum Gasteiger partial charge on any atom is -0.477 e. The second-order valence-electron chi connectivity index (χ2n) is 3.79. The molecule has 0 saturated carbocycles. The van der Waals surface area contributed by atoms with Crippen molar-refractivity contribution in [2.75, 3.05) is 13.2 Å². The van der Waals surface area contributed by atoms with Crippen molar-refractivity contribution < 1.29 is 19.4 Å². The molecule has 0 amide bonds. The van der Waals surface area contributed by atoms with Gasteiger partial charge in [-0.25, -0.2) is 9.78 Å². The molecule has 0 aliphatic carbocycles. The van der Waals surface area contributed by atoms with Crippen LogP contribution in [0.5, 0.6) is 0 Å². The van der Waals surface area contributed by atoms with Crippen LogP contribution in [-0.2, 0) is 16.1 Å². The summed E-state index contributed by atoms with van der Waals surface area (Å²) in [6, 6.07) is 3.38. The van der Waals surface area contributed by atoms with Crippen molar-refractivity contribution in [1.29, 1.82) is 0 Å². The molecule has 0 unspecified atom stereocenters. The molecule has 0 atom stereocenters. The predicted octanol–water partition coefficient (Wildman–Crippen LogP) is 1.72. The van der Waals surface area contributed by atoms with Crippen molar-refractivity contribution in [2.24, 2.45) is 0 Å².